The van der Waals surface area contributed by atoms with Crippen LogP contribution >= 0.6 is 0 Å². The number of nitro groups is 1. The number of hydrogen-bond acceptors (Lipinski definition) is 5. The van der Waals surface area contributed by atoms with Crippen LogP contribution in [0.3, 0.4) is 0 Å². The second-order valence-corrected chi connectivity index (χ2v) is 5.72. The van der Waals surface area contributed by atoms with Gasteiger partial charge in [-0.3, -0.25) is 15.0 Å². The number of aliphatic hydroxyl groups is 1. The largest absolute Gasteiger partial charge is 0.449 e. The maximum Gasteiger partial charge on any atom is 0.410 e. The van der Waals surface area contributed by atoms with Crippen molar-refractivity contribution in [2.75, 3.05) is 13.2 Å². The van der Waals surface area contributed by atoms with Crippen LogP contribution in [0.5, 0.6) is 0 Å². The van der Waals surface area contributed by atoms with E-state index in [9.17, 15) is 20.0 Å². The molecular formula is C16H22N2O5. The van der Waals surface area contributed by atoms with Crippen molar-refractivity contribution in [2.24, 2.45) is 0 Å². The van der Waals surface area contributed by atoms with Crippen LogP contribution in [-0.4, -0.2) is 46.3 Å². The fraction of sp³-hybridized carbons (Fsp3) is 0.562. The van der Waals surface area contributed by atoms with Crippen molar-refractivity contribution in [3.63, 3.8) is 0 Å². The molecule has 7 heteroatoms. The Labute approximate surface area is 135 Å². The summed E-state index contributed by atoms with van der Waals surface area (Å²) >= 11 is 0. The second-order valence-electron chi connectivity index (χ2n) is 5.72. The highest BCUT2D eigenvalue weighted by atomic mass is 16.6. The number of unbranched alkanes of at least 4 members (excludes halogenated alkanes) is 1. The van der Waals surface area contributed by atoms with Crippen LogP contribution in [0.25, 0.3) is 0 Å². The van der Waals surface area contributed by atoms with Crippen LogP contribution in [0, 0.1) is 10.1 Å². The van der Waals surface area contributed by atoms with Gasteiger partial charge in [0, 0.05) is 11.5 Å². The van der Waals surface area contributed by atoms with E-state index in [1.165, 1.54) is 4.90 Å². The number of rotatable bonds is 6. The van der Waals surface area contributed by atoms with E-state index in [1.54, 1.807) is 0 Å². The van der Waals surface area contributed by atoms with Gasteiger partial charge in [-0.25, -0.2) is 4.79 Å². The van der Waals surface area contributed by atoms with Gasteiger partial charge in [-0.05, 0) is 24.0 Å². The van der Waals surface area contributed by atoms with Gasteiger partial charge in [0.1, 0.15) is 6.10 Å². The minimum atomic E-state index is -1.22. The van der Waals surface area contributed by atoms with Crippen molar-refractivity contribution in [3.05, 3.63) is 45.5 Å². The zero-order valence-corrected chi connectivity index (χ0v) is 13.2. The Hall–Kier alpha value is -2.15. The van der Waals surface area contributed by atoms with E-state index in [2.05, 4.69) is 0 Å². The molecule has 0 aromatic heterocycles. The van der Waals surface area contributed by atoms with Crippen LogP contribution in [0.4, 0.5) is 4.79 Å². The van der Waals surface area contributed by atoms with Crippen LogP contribution in [-0.2, 0) is 17.7 Å². The fourth-order valence-corrected chi connectivity index (χ4v) is 2.75. The summed E-state index contributed by atoms with van der Waals surface area (Å²) in [5, 5.41) is 20.9. The molecule has 0 bridgehead atoms. The predicted molar refractivity (Wildman–Crippen MR) is 83.6 cm³/mol. The molecule has 1 amide bonds. The third kappa shape index (κ3) is 4.41. The van der Waals surface area contributed by atoms with Crippen molar-refractivity contribution in [1.82, 2.24) is 4.90 Å². The number of amides is 1. The number of fused-ring (bicyclic) bond motifs is 1. The third-order valence-corrected chi connectivity index (χ3v) is 4.03. The molecule has 1 aromatic carbocycles. The SMILES string of the molecule is CCCCOC(=O)N1Cc2ccccc2C[C@H]1[C@H](O)C[N+](=O)[O-]. The molecule has 2 atom stereocenters. The van der Waals surface area contributed by atoms with E-state index in [0.29, 0.717) is 19.6 Å². The summed E-state index contributed by atoms with van der Waals surface area (Å²) in [5.74, 6) is 0. The molecule has 0 fully saturated rings. The van der Waals surface area contributed by atoms with E-state index in [4.69, 9.17) is 4.74 Å². The molecule has 1 heterocycles. The average molecular weight is 322 g/mol. The highest BCUT2D eigenvalue weighted by molar-refractivity contribution is 5.69. The van der Waals surface area contributed by atoms with Gasteiger partial charge in [-0.15, -0.1) is 0 Å². The maximum atomic E-state index is 12.3. The highest BCUT2D eigenvalue weighted by Crippen LogP contribution is 2.26. The van der Waals surface area contributed by atoms with Gasteiger partial charge in [0.25, 0.3) is 0 Å². The summed E-state index contributed by atoms with van der Waals surface area (Å²) < 4.78 is 5.23. The van der Waals surface area contributed by atoms with Crippen molar-refractivity contribution in [2.45, 2.75) is 44.9 Å². The van der Waals surface area contributed by atoms with E-state index in [0.717, 1.165) is 24.0 Å². The van der Waals surface area contributed by atoms with Crippen molar-refractivity contribution >= 4 is 6.09 Å². The first-order valence-electron chi connectivity index (χ1n) is 7.83. The molecule has 0 aliphatic carbocycles. The minimum absolute atomic E-state index is 0.292. The van der Waals surface area contributed by atoms with Gasteiger partial charge < -0.3 is 9.84 Å². The molecule has 0 radical (unpaired) electrons. The van der Waals surface area contributed by atoms with Crippen LogP contribution < -0.4 is 0 Å². The van der Waals surface area contributed by atoms with Crippen molar-refractivity contribution in [1.29, 1.82) is 0 Å². The lowest BCUT2D eigenvalue weighted by molar-refractivity contribution is -0.491. The molecule has 23 heavy (non-hydrogen) atoms. The molecule has 0 unspecified atom stereocenters. The Bertz CT molecular complexity index is 563. The Balaban J connectivity index is 2.17. The highest BCUT2D eigenvalue weighted by Gasteiger charge is 2.37. The Morgan fingerprint density at radius 3 is 2.83 bits per heavy atom. The first kappa shape index (κ1) is 17.2. The summed E-state index contributed by atoms with van der Waals surface area (Å²) in [4.78, 5) is 23.8. The predicted octanol–water partition coefficient (Wildman–Crippen LogP) is 1.99. The molecule has 1 aliphatic heterocycles. The first-order valence-corrected chi connectivity index (χ1v) is 7.83. The fourth-order valence-electron chi connectivity index (χ4n) is 2.75. The molecule has 1 aliphatic rings. The number of aliphatic hydroxyl groups excluding tert-OH is 1. The van der Waals surface area contributed by atoms with Gasteiger partial charge in [0.15, 0.2) is 0 Å². The zero-order chi connectivity index (χ0) is 16.8. The van der Waals surface area contributed by atoms with Gasteiger partial charge in [0.05, 0.1) is 12.6 Å². The molecule has 0 saturated heterocycles. The lowest BCUT2D eigenvalue weighted by atomic mass is 9.91. The first-order chi connectivity index (χ1) is 11.0. The number of ether oxygens (including phenoxy) is 1. The van der Waals surface area contributed by atoms with Crippen molar-refractivity contribution in [3.8, 4) is 0 Å². The standard InChI is InChI=1S/C16H22N2O5/c1-2-3-8-23-16(20)17-10-13-7-5-4-6-12(13)9-14(17)15(19)11-18(21)22/h4-7,14-15,19H,2-3,8-11H2,1H3/t14-,15+/m0/s1. The third-order valence-electron chi connectivity index (χ3n) is 4.03. The maximum absolute atomic E-state index is 12.3. The zero-order valence-electron chi connectivity index (χ0n) is 13.2. The smallest absolute Gasteiger partial charge is 0.410 e. The number of carbonyl (C=O) groups excluding carboxylic acids is 1. The number of benzene rings is 1. The molecular weight excluding hydrogens is 300 g/mol. The Morgan fingerprint density at radius 2 is 2.17 bits per heavy atom. The molecule has 0 spiro atoms. The average Bonchev–Trinajstić information content (AvgIpc) is 2.53. The number of carbonyl (C=O) groups is 1. The quantitative estimate of drug-likeness (QED) is 0.491. The summed E-state index contributed by atoms with van der Waals surface area (Å²) in [5.41, 5.74) is 1.97. The molecule has 7 nitrogen and oxygen atoms in total. The van der Waals surface area contributed by atoms with Gasteiger partial charge >= 0.3 is 6.09 Å². The molecule has 2 rings (SSSR count). The lowest BCUT2D eigenvalue weighted by Crippen LogP contribution is -2.52. The summed E-state index contributed by atoms with van der Waals surface area (Å²) in [7, 11) is 0. The minimum Gasteiger partial charge on any atom is -0.449 e. The van der Waals surface area contributed by atoms with Crippen LogP contribution in [0.1, 0.15) is 30.9 Å². The Kier molecular flexibility index (Phi) is 5.92. The van der Waals surface area contributed by atoms with Gasteiger partial charge in [-0.2, -0.15) is 0 Å². The van der Waals surface area contributed by atoms with Gasteiger partial charge in [0.2, 0.25) is 6.54 Å². The summed E-state index contributed by atoms with van der Waals surface area (Å²) in [6.45, 7) is 2.01. The van der Waals surface area contributed by atoms with E-state index < -0.39 is 29.7 Å². The van der Waals surface area contributed by atoms with Crippen molar-refractivity contribution < 1.29 is 19.6 Å². The lowest BCUT2D eigenvalue weighted by Gasteiger charge is -2.37. The number of nitrogens with zero attached hydrogens (tertiary/aromatic N) is 2. The topological polar surface area (TPSA) is 92.9 Å². The summed E-state index contributed by atoms with van der Waals surface area (Å²) in [6, 6.07) is 6.95. The monoisotopic (exact) mass is 322 g/mol. The van der Waals surface area contributed by atoms with Crippen LogP contribution in [0.2, 0.25) is 0 Å². The Morgan fingerprint density at radius 1 is 1.48 bits per heavy atom. The normalized spacial score (nSPS) is 18.2. The van der Waals surface area contributed by atoms with E-state index in [-0.39, 0.29) is 0 Å². The molecule has 1 aromatic rings. The summed E-state index contributed by atoms with van der Waals surface area (Å²) in [6.07, 6.45) is 0.299. The number of hydrogen-bond donors (Lipinski definition) is 1. The molecule has 126 valence electrons. The molecule has 1 N–H and O–H groups in total. The van der Waals surface area contributed by atoms with E-state index >= 15 is 0 Å². The van der Waals surface area contributed by atoms with E-state index in [1.807, 2.05) is 31.2 Å². The molecule has 0 saturated carbocycles. The van der Waals surface area contributed by atoms with Gasteiger partial charge in [-0.1, -0.05) is 37.6 Å². The second kappa shape index (κ2) is 7.92. The van der Waals surface area contributed by atoms with Crippen LogP contribution in [0.15, 0.2) is 24.3 Å².